The van der Waals surface area contributed by atoms with Crippen LogP contribution in [0.15, 0.2) is 48.8 Å². The largest absolute Gasteiger partial charge is 0.462 e. The molecule has 0 radical (unpaired) electrons. The molecule has 0 amide bonds. The summed E-state index contributed by atoms with van der Waals surface area (Å²) in [6, 6.07) is 11.2. The van der Waals surface area contributed by atoms with Gasteiger partial charge in [0.2, 0.25) is 0 Å². The number of rotatable bonds is 3. The molecule has 2 aromatic heterocycles. The first-order valence-electron chi connectivity index (χ1n) is 6.87. The number of para-hydroxylation sites is 1. The number of carbonyl (C=O) groups is 1. The Morgan fingerprint density at radius 3 is 2.82 bits per heavy atom. The third-order valence-electron chi connectivity index (χ3n) is 3.29. The Hall–Kier alpha value is -2.46. The third kappa shape index (κ3) is 2.65. The first-order valence-corrected chi connectivity index (χ1v) is 7.25. The van der Waals surface area contributed by atoms with E-state index in [1.807, 2.05) is 30.3 Å². The SMILES string of the molecule is CCOC(=O)c1cnc2ccccc2c1-c1ccnc(Cl)c1. The fraction of sp³-hybridized carbons (Fsp3) is 0.118. The molecule has 5 heteroatoms. The third-order valence-corrected chi connectivity index (χ3v) is 3.49. The van der Waals surface area contributed by atoms with Crippen molar-refractivity contribution in [1.29, 1.82) is 0 Å². The molecule has 0 bridgehead atoms. The highest BCUT2D eigenvalue weighted by Gasteiger charge is 2.18. The fourth-order valence-corrected chi connectivity index (χ4v) is 2.55. The number of ether oxygens (including phenoxy) is 1. The second-order valence-electron chi connectivity index (χ2n) is 4.65. The standard InChI is InChI=1S/C17H13ClN2O2/c1-2-22-17(21)13-10-20-14-6-4-3-5-12(14)16(13)11-7-8-19-15(18)9-11/h3-10H,2H2,1H3. The van der Waals surface area contributed by atoms with Gasteiger partial charge in [-0.2, -0.15) is 0 Å². The van der Waals surface area contributed by atoms with Gasteiger partial charge in [-0.3, -0.25) is 4.98 Å². The zero-order valence-corrected chi connectivity index (χ0v) is 12.7. The molecule has 0 spiro atoms. The van der Waals surface area contributed by atoms with Crippen molar-refractivity contribution in [1.82, 2.24) is 9.97 Å². The van der Waals surface area contributed by atoms with Gasteiger partial charge < -0.3 is 4.74 Å². The van der Waals surface area contributed by atoms with E-state index >= 15 is 0 Å². The van der Waals surface area contributed by atoms with Crippen molar-refractivity contribution in [3.63, 3.8) is 0 Å². The van der Waals surface area contributed by atoms with Crippen LogP contribution in [-0.4, -0.2) is 22.5 Å². The minimum atomic E-state index is -0.399. The summed E-state index contributed by atoms with van der Waals surface area (Å²) >= 11 is 6.00. The van der Waals surface area contributed by atoms with Crippen LogP contribution >= 0.6 is 11.6 Å². The van der Waals surface area contributed by atoms with Crippen molar-refractivity contribution in [3.05, 3.63) is 59.5 Å². The average Bonchev–Trinajstić information content (AvgIpc) is 2.54. The number of benzene rings is 1. The second kappa shape index (κ2) is 6.12. The van der Waals surface area contributed by atoms with Gasteiger partial charge in [-0.1, -0.05) is 29.8 Å². The molecule has 0 atom stereocenters. The van der Waals surface area contributed by atoms with E-state index in [-0.39, 0.29) is 0 Å². The molecule has 110 valence electrons. The van der Waals surface area contributed by atoms with Crippen LogP contribution in [0.3, 0.4) is 0 Å². The molecule has 0 unspecified atom stereocenters. The molecule has 0 saturated heterocycles. The molecule has 3 aromatic rings. The maximum atomic E-state index is 12.3. The van der Waals surface area contributed by atoms with E-state index in [1.54, 1.807) is 25.4 Å². The van der Waals surface area contributed by atoms with Gasteiger partial charge in [0.25, 0.3) is 0 Å². The number of carbonyl (C=O) groups excluding carboxylic acids is 1. The summed E-state index contributed by atoms with van der Waals surface area (Å²) in [6.07, 6.45) is 3.16. The number of halogens is 1. The molecular formula is C17H13ClN2O2. The van der Waals surface area contributed by atoms with Gasteiger partial charge in [0.05, 0.1) is 17.7 Å². The summed E-state index contributed by atoms with van der Waals surface area (Å²) in [7, 11) is 0. The number of hydrogen-bond acceptors (Lipinski definition) is 4. The van der Waals surface area contributed by atoms with Crippen molar-refractivity contribution in [2.75, 3.05) is 6.61 Å². The summed E-state index contributed by atoms with van der Waals surface area (Å²) in [5, 5.41) is 1.24. The highest BCUT2D eigenvalue weighted by molar-refractivity contribution is 6.29. The number of fused-ring (bicyclic) bond motifs is 1. The Balaban J connectivity index is 2.32. The first-order chi connectivity index (χ1) is 10.7. The highest BCUT2D eigenvalue weighted by Crippen LogP contribution is 2.32. The van der Waals surface area contributed by atoms with Crippen LogP contribution in [0.4, 0.5) is 0 Å². The molecule has 0 aliphatic rings. The van der Waals surface area contributed by atoms with Gasteiger partial charge in [-0.25, -0.2) is 9.78 Å². The molecule has 0 aliphatic carbocycles. The van der Waals surface area contributed by atoms with Crippen LogP contribution in [0, 0.1) is 0 Å². The van der Waals surface area contributed by atoms with Crippen LogP contribution < -0.4 is 0 Å². The molecule has 4 nitrogen and oxygen atoms in total. The maximum Gasteiger partial charge on any atom is 0.340 e. The van der Waals surface area contributed by atoms with Gasteiger partial charge in [0, 0.05) is 23.3 Å². The number of nitrogens with zero attached hydrogens (tertiary/aromatic N) is 2. The van der Waals surface area contributed by atoms with Gasteiger partial charge in [-0.05, 0) is 30.7 Å². The molecule has 1 aromatic carbocycles. The minimum Gasteiger partial charge on any atom is -0.462 e. The quantitative estimate of drug-likeness (QED) is 0.539. The zero-order chi connectivity index (χ0) is 15.5. The summed E-state index contributed by atoms with van der Waals surface area (Å²) in [6.45, 7) is 2.08. The summed E-state index contributed by atoms with van der Waals surface area (Å²) in [5.74, 6) is -0.399. The Bertz CT molecular complexity index is 849. The van der Waals surface area contributed by atoms with Crippen molar-refractivity contribution >= 4 is 28.5 Å². The Kier molecular flexibility index (Phi) is 4.02. The lowest BCUT2D eigenvalue weighted by Gasteiger charge is -2.12. The Labute approximate surface area is 132 Å². The molecule has 0 saturated carbocycles. The van der Waals surface area contributed by atoms with E-state index in [2.05, 4.69) is 9.97 Å². The fourth-order valence-electron chi connectivity index (χ4n) is 2.37. The number of pyridine rings is 2. The van der Waals surface area contributed by atoms with Crippen molar-refractivity contribution in [2.45, 2.75) is 6.92 Å². The zero-order valence-electron chi connectivity index (χ0n) is 11.9. The number of aromatic nitrogens is 2. The van der Waals surface area contributed by atoms with Gasteiger partial charge >= 0.3 is 5.97 Å². The molecule has 0 fully saturated rings. The maximum absolute atomic E-state index is 12.3. The predicted octanol–water partition coefficient (Wildman–Crippen LogP) is 4.13. The van der Waals surface area contributed by atoms with Gasteiger partial charge in [0.1, 0.15) is 5.15 Å². The average molecular weight is 313 g/mol. The molecule has 0 N–H and O–H groups in total. The number of hydrogen-bond donors (Lipinski definition) is 0. The van der Waals surface area contributed by atoms with Crippen molar-refractivity contribution in [3.8, 4) is 11.1 Å². The summed E-state index contributed by atoms with van der Waals surface area (Å²) in [4.78, 5) is 20.6. The smallest absolute Gasteiger partial charge is 0.340 e. The van der Waals surface area contributed by atoms with Crippen molar-refractivity contribution in [2.24, 2.45) is 0 Å². The van der Waals surface area contributed by atoms with E-state index in [0.29, 0.717) is 17.3 Å². The summed E-state index contributed by atoms with van der Waals surface area (Å²) < 4.78 is 5.14. The topological polar surface area (TPSA) is 52.1 Å². The minimum absolute atomic E-state index is 0.308. The Morgan fingerprint density at radius 2 is 2.05 bits per heavy atom. The molecule has 3 rings (SSSR count). The van der Waals surface area contributed by atoms with Crippen molar-refractivity contribution < 1.29 is 9.53 Å². The lowest BCUT2D eigenvalue weighted by Crippen LogP contribution is -2.07. The molecule has 0 aliphatic heterocycles. The normalized spacial score (nSPS) is 10.6. The summed E-state index contributed by atoms with van der Waals surface area (Å²) in [5.41, 5.74) is 2.79. The van der Waals surface area contributed by atoms with E-state index in [9.17, 15) is 4.79 Å². The monoisotopic (exact) mass is 312 g/mol. The molecule has 22 heavy (non-hydrogen) atoms. The van der Waals surface area contributed by atoms with E-state index in [1.165, 1.54) is 0 Å². The molecule has 2 heterocycles. The highest BCUT2D eigenvalue weighted by atomic mass is 35.5. The van der Waals surface area contributed by atoms with E-state index in [0.717, 1.165) is 22.0 Å². The number of esters is 1. The lowest BCUT2D eigenvalue weighted by molar-refractivity contribution is 0.0527. The first kappa shape index (κ1) is 14.5. The van der Waals surface area contributed by atoms with Crippen LogP contribution in [0.1, 0.15) is 17.3 Å². The van der Waals surface area contributed by atoms with Crippen LogP contribution in [-0.2, 0) is 4.74 Å². The predicted molar refractivity (Wildman–Crippen MR) is 85.9 cm³/mol. The van der Waals surface area contributed by atoms with Crippen LogP contribution in [0.2, 0.25) is 5.15 Å². The second-order valence-corrected chi connectivity index (χ2v) is 5.04. The van der Waals surface area contributed by atoms with Gasteiger partial charge in [0.15, 0.2) is 0 Å². The molecular weight excluding hydrogens is 300 g/mol. The van der Waals surface area contributed by atoms with Crippen LogP contribution in [0.25, 0.3) is 22.0 Å². The van der Waals surface area contributed by atoms with E-state index in [4.69, 9.17) is 16.3 Å². The van der Waals surface area contributed by atoms with Gasteiger partial charge in [-0.15, -0.1) is 0 Å². The van der Waals surface area contributed by atoms with E-state index < -0.39 is 5.97 Å². The Morgan fingerprint density at radius 1 is 1.23 bits per heavy atom. The van der Waals surface area contributed by atoms with Crippen LogP contribution in [0.5, 0.6) is 0 Å². The lowest BCUT2D eigenvalue weighted by atomic mass is 9.97.